The largest absolute Gasteiger partial charge is 0.326 e. The number of anilines is 1. The second-order valence-electron chi connectivity index (χ2n) is 4.85. The van der Waals surface area contributed by atoms with Crippen LogP contribution >= 0.6 is 23.2 Å². The van der Waals surface area contributed by atoms with Crippen molar-refractivity contribution in [1.82, 2.24) is 5.32 Å². The van der Waals surface area contributed by atoms with E-state index < -0.39 is 17.7 Å². The zero-order valence-electron chi connectivity index (χ0n) is 11.6. The average molecular weight is 355 g/mol. The van der Waals surface area contributed by atoms with Crippen molar-refractivity contribution in [3.63, 3.8) is 0 Å². The van der Waals surface area contributed by atoms with E-state index in [2.05, 4.69) is 5.32 Å². The van der Waals surface area contributed by atoms with Crippen molar-refractivity contribution < 1.29 is 13.6 Å². The first-order chi connectivity index (χ1) is 11.0. The van der Waals surface area contributed by atoms with Gasteiger partial charge >= 0.3 is 6.03 Å². The van der Waals surface area contributed by atoms with E-state index in [1.807, 2.05) is 0 Å². The molecule has 3 rings (SSSR count). The SMILES string of the molecule is O=C1NC(c2c(F)cccc2F)=CCN1c1ccc(Cl)c(Cl)c1. The Morgan fingerprint density at radius 1 is 1.04 bits per heavy atom. The van der Waals surface area contributed by atoms with Gasteiger partial charge in [-0.2, -0.15) is 0 Å². The van der Waals surface area contributed by atoms with Crippen molar-refractivity contribution in [1.29, 1.82) is 0 Å². The molecule has 1 aliphatic heterocycles. The van der Waals surface area contributed by atoms with Crippen molar-refractivity contribution in [3.05, 3.63) is 69.7 Å². The third kappa shape index (κ3) is 3.02. The first-order valence-corrected chi connectivity index (χ1v) is 7.41. The molecule has 0 unspecified atom stereocenters. The Morgan fingerprint density at radius 2 is 1.74 bits per heavy atom. The number of rotatable bonds is 2. The number of amides is 2. The Labute approximate surface area is 141 Å². The van der Waals surface area contributed by atoms with Gasteiger partial charge < -0.3 is 5.32 Å². The van der Waals surface area contributed by atoms with Crippen molar-refractivity contribution in [2.75, 3.05) is 11.4 Å². The molecular formula is C16H10Cl2F2N2O. The number of nitrogens with zero attached hydrogens (tertiary/aromatic N) is 1. The summed E-state index contributed by atoms with van der Waals surface area (Å²) in [6.45, 7) is 0.146. The van der Waals surface area contributed by atoms with Crippen LogP contribution in [0.25, 0.3) is 5.70 Å². The molecular weight excluding hydrogens is 345 g/mol. The Morgan fingerprint density at radius 3 is 2.35 bits per heavy atom. The van der Waals surface area contributed by atoms with Gasteiger partial charge in [0.1, 0.15) is 11.6 Å². The summed E-state index contributed by atoms with van der Waals surface area (Å²) in [5.74, 6) is -1.47. The fourth-order valence-electron chi connectivity index (χ4n) is 2.29. The van der Waals surface area contributed by atoms with E-state index in [9.17, 15) is 13.6 Å². The number of carbonyl (C=O) groups excluding carboxylic acids is 1. The summed E-state index contributed by atoms with van der Waals surface area (Å²) in [5, 5.41) is 3.17. The molecule has 2 amide bonds. The minimum Gasteiger partial charge on any atom is -0.307 e. The summed E-state index contributed by atoms with van der Waals surface area (Å²) >= 11 is 11.8. The van der Waals surface area contributed by atoms with Gasteiger partial charge in [0.05, 0.1) is 21.3 Å². The summed E-state index contributed by atoms with van der Waals surface area (Å²) in [6, 6.07) is 7.78. The maximum absolute atomic E-state index is 13.8. The van der Waals surface area contributed by atoms with E-state index in [0.717, 1.165) is 12.1 Å². The second-order valence-corrected chi connectivity index (χ2v) is 5.67. The second kappa shape index (κ2) is 6.18. The number of benzene rings is 2. The first kappa shape index (κ1) is 15.8. The lowest BCUT2D eigenvalue weighted by Crippen LogP contribution is -2.43. The number of carbonyl (C=O) groups is 1. The zero-order chi connectivity index (χ0) is 16.6. The molecule has 2 aromatic rings. The third-order valence-corrected chi connectivity index (χ3v) is 4.15. The number of halogens is 4. The fraction of sp³-hybridized carbons (Fsp3) is 0.0625. The van der Waals surface area contributed by atoms with Gasteiger partial charge in [-0.15, -0.1) is 0 Å². The lowest BCUT2D eigenvalue weighted by atomic mass is 10.1. The highest BCUT2D eigenvalue weighted by Crippen LogP contribution is 2.29. The van der Waals surface area contributed by atoms with E-state index in [0.29, 0.717) is 15.7 Å². The van der Waals surface area contributed by atoms with E-state index in [4.69, 9.17) is 23.2 Å². The summed E-state index contributed by atoms with van der Waals surface area (Å²) in [6.07, 6.45) is 1.53. The van der Waals surface area contributed by atoms with Crippen molar-refractivity contribution in [2.24, 2.45) is 0 Å². The van der Waals surface area contributed by atoms with Crippen molar-refractivity contribution in [2.45, 2.75) is 0 Å². The maximum atomic E-state index is 13.8. The fourth-order valence-corrected chi connectivity index (χ4v) is 2.59. The highest BCUT2D eigenvalue weighted by molar-refractivity contribution is 6.42. The Balaban J connectivity index is 1.92. The normalized spacial score (nSPS) is 14.5. The molecule has 2 aromatic carbocycles. The molecule has 0 saturated carbocycles. The van der Waals surface area contributed by atoms with E-state index in [1.165, 1.54) is 17.0 Å². The summed E-state index contributed by atoms with van der Waals surface area (Å²) in [5.41, 5.74) is 0.373. The third-order valence-electron chi connectivity index (χ3n) is 3.41. The molecule has 1 heterocycles. The molecule has 7 heteroatoms. The molecule has 0 saturated heterocycles. The van der Waals surface area contributed by atoms with E-state index >= 15 is 0 Å². The number of hydrogen-bond acceptors (Lipinski definition) is 1. The van der Waals surface area contributed by atoms with Crippen molar-refractivity contribution >= 4 is 40.6 Å². The molecule has 3 nitrogen and oxygen atoms in total. The summed E-state index contributed by atoms with van der Waals surface area (Å²) in [7, 11) is 0. The zero-order valence-corrected chi connectivity index (χ0v) is 13.1. The van der Waals surface area contributed by atoms with Gasteiger partial charge in [0.25, 0.3) is 0 Å². The Hall–Kier alpha value is -2.11. The van der Waals surface area contributed by atoms with Crippen LogP contribution < -0.4 is 10.2 Å². The van der Waals surface area contributed by atoms with Crippen LogP contribution in [0.3, 0.4) is 0 Å². The highest BCUT2D eigenvalue weighted by atomic mass is 35.5. The molecule has 1 aliphatic rings. The maximum Gasteiger partial charge on any atom is 0.326 e. The van der Waals surface area contributed by atoms with Crippen LogP contribution in [0, 0.1) is 11.6 Å². The van der Waals surface area contributed by atoms with E-state index in [-0.39, 0.29) is 17.8 Å². The van der Waals surface area contributed by atoms with Crippen LogP contribution in [0.1, 0.15) is 5.56 Å². The lowest BCUT2D eigenvalue weighted by Gasteiger charge is -2.27. The quantitative estimate of drug-likeness (QED) is 0.821. The molecule has 0 spiro atoms. The van der Waals surface area contributed by atoms with Crippen LogP contribution in [0.4, 0.5) is 19.3 Å². The predicted molar refractivity (Wildman–Crippen MR) is 86.7 cm³/mol. The lowest BCUT2D eigenvalue weighted by molar-refractivity contribution is 0.250. The molecule has 0 bridgehead atoms. The predicted octanol–water partition coefficient (Wildman–Crippen LogP) is 4.84. The van der Waals surface area contributed by atoms with Gasteiger partial charge in [0.15, 0.2) is 0 Å². The summed E-state index contributed by atoms with van der Waals surface area (Å²) < 4.78 is 27.6. The molecule has 0 aromatic heterocycles. The van der Waals surface area contributed by atoms with Gasteiger partial charge in [-0.25, -0.2) is 13.6 Å². The highest BCUT2D eigenvalue weighted by Gasteiger charge is 2.24. The standard InChI is InChI=1S/C16H10Cl2F2N2O/c17-10-5-4-9(8-11(10)18)22-7-6-14(21-16(22)23)15-12(19)2-1-3-13(15)20/h1-6,8H,7H2,(H,21,23). The number of nitrogens with one attached hydrogen (secondary N) is 1. The van der Waals surface area contributed by atoms with Crippen LogP contribution in [0.15, 0.2) is 42.5 Å². The Bertz CT molecular complexity index is 803. The summed E-state index contributed by atoms with van der Waals surface area (Å²) in [4.78, 5) is 13.6. The molecule has 0 aliphatic carbocycles. The minimum absolute atomic E-state index is 0.0990. The molecule has 0 radical (unpaired) electrons. The van der Waals surface area contributed by atoms with Gasteiger partial charge in [-0.3, -0.25) is 4.90 Å². The van der Waals surface area contributed by atoms with Crippen LogP contribution in [-0.2, 0) is 0 Å². The van der Waals surface area contributed by atoms with Gasteiger partial charge in [0.2, 0.25) is 0 Å². The molecule has 0 atom stereocenters. The molecule has 1 N–H and O–H groups in total. The monoisotopic (exact) mass is 354 g/mol. The number of urea groups is 1. The van der Waals surface area contributed by atoms with Crippen LogP contribution in [0.5, 0.6) is 0 Å². The van der Waals surface area contributed by atoms with E-state index in [1.54, 1.807) is 18.2 Å². The number of hydrogen-bond donors (Lipinski definition) is 1. The topological polar surface area (TPSA) is 32.3 Å². The van der Waals surface area contributed by atoms with Crippen molar-refractivity contribution in [3.8, 4) is 0 Å². The van der Waals surface area contributed by atoms with Crippen LogP contribution in [-0.4, -0.2) is 12.6 Å². The first-order valence-electron chi connectivity index (χ1n) is 6.65. The molecule has 118 valence electrons. The smallest absolute Gasteiger partial charge is 0.307 e. The average Bonchev–Trinajstić information content (AvgIpc) is 2.50. The van der Waals surface area contributed by atoms with Crippen LogP contribution in [0.2, 0.25) is 10.0 Å². The van der Waals surface area contributed by atoms with Gasteiger partial charge in [-0.1, -0.05) is 29.3 Å². The van der Waals surface area contributed by atoms with Gasteiger partial charge in [0, 0.05) is 12.2 Å². The minimum atomic E-state index is -0.737. The molecule has 23 heavy (non-hydrogen) atoms. The Kier molecular flexibility index (Phi) is 4.24. The van der Waals surface area contributed by atoms with Gasteiger partial charge in [-0.05, 0) is 36.4 Å². The molecule has 0 fully saturated rings.